The number of rotatable bonds is 5. The maximum atomic E-state index is 11.4. The van der Waals surface area contributed by atoms with E-state index in [0.717, 1.165) is 6.26 Å². The minimum atomic E-state index is -3.55. The number of aromatic amines is 1. The molecule has 3 aromatic rings. The van der Waals surface area contributed by atoms with Gasteiger partial charge in [0.05, 0.1) is 0 Å². The highest BCUT2D eigenvalue weighted by atomic mass is 32.2. The fourth-order valence-electron chi connectivity index (χ4n) is 1.76. The third kappa shape index (κ3) is 3.67. The molecule has 0 unspecified atom stereocenters. The molecule has 0 saturated heterocycles. The van der Waals surface area contributed by atoms with Crippen molar-refractivity contribution in [3.63, 3.8) is 0 Å². The average molecular weight is 358 g/mol. The van der Waals surface area contributed by atoms with Crippen LogP contribution in [0.4, 0.5) is 5.69 Å². The molecule has 0 fully saturated rings. The Morgan fingerprint density at radius 1 is 1.28 bits per heavy atom. The van der Waals surface area contributed by atoms with Gasteiger partial charge in [-0.3, -0.25) is 0 Å². The summed E-state index contributed by atoms with van der Waals surface area (Å²) in [6.07, 6.45) is 2.43. The smallest absolute Gasteiger partial charge is 0.335 e. The van der Waals surface area contributed by atoms with Gasteiger partial charge in [0.2, 0.25) is 21.6 Å². The summed E-state index contributed by atoms with van der Waals surface area (Å²) >= 11 is 0. The van der Waals surface area contributed by atoms with Gasteiger partial charge in [-0.1, -0.05) is 5.10 Å². The third-order valence-electron chi connectivity index (χ3n) is 2.95. The number of nitrogens with one attached hydrogen (secondary N) is 2. The van der Waals surface area contributed by atoms with Gasteiger partial charge in [-0.15, -0.1) is 15.3 Å². The number of hydrogen-bond donors (Lipinski definition) is 2. The Balaban J connectivity index is 1.77. The predicted molar refractivity (Wildman–Crippen MR) is 84.2 cm³/mol. The van der Waals surface area contributed by atoms with Gasteiger partial charge in [0.25, 0.3) is 0 Å². The van der Waals surface area contributed by atoms with E-state index < -0.39 is 15.1 Å². The molecule has 25 heavy (non-hydrogen) atoms. The predicted octanol–water partition coefficient (Wildman–Crippen LogP) is 0.630. The molecular weight excluding hydrogens is 348 g/mol. The van der Waals surface area contributed by atoms with E-state index in [1.165, 1.54) is 6.20 Å². The van der Waals surface area contributed by atoms with E-state index in [4.69, 9.17) is 9.68 Å². The van der Waals surface area contributed by atoms with Crippen LogP contribution in [-0.4, -0.2) is 45.5 Å². The maximum Gasteiger partial charge on any atom is 0.335 e. The van der Waals surface area contributed by atoms with E-state index in [0.29, 0.717) is 11.3 Å². The SMILES string of the molecule is CS(=O)(=O)c1nnc(-c2ccc(NC=C(C#N)c3nn[nH]n3)cc2)o1. The number of sulfone groups is 1. The highest BCUT2D eigenvalue weighted by Gasteiger charge is 2.17. The Kier molecular flexibility index (Phi) is 4.23. The summed E-state index contributed by atoms with van der Waals surface area (Å²) in [6.45, 7) is 0. The quantitative estimate of drug-likeness (QED) is 0.618. The molecule has 11 nitrogen and oxygen atoms in total. The van der Waals surface area contributed by atoms with Crippen molar-refractivity contribution in [2.45, 2.75) is 5.22 Å². The molecule has 0 saturated carbocycles. The second-order valence-electron chi connectivity index (χ2n) is 4.77. The number of benzene rings is 1. The van der Waals surface area contributed by atoms with E-state index in [-0.39, 0.29) is 17.3 Å². The van der Waals surface area contributed by atoms with E-state index in [2.05, 4.69) is 36.1 Å². The van der Waals surface area contributed by atoms with Gasteiger partial charge in [0, 0.05) is 23.7 Å². The van der Waals surface area contributed by atoms with Gasteiger partial charge in [-0.05, 0) is 29.5 Å². The Hall–Kier alpha value is -3.59. The Bertz CT molecular complexity index is 1050. The summed E-state index contributed by atoms with van der Waals surface area (Å²) in [5.74, 6) is 0.262. The number of H-pyrrole nitrogens is 1. The van der Waals surface area contributed by atoms with Crippen molar-refractivity contribution in [2.24, 2.45) is 0 Å². The van der Waals surface area contributed by atoms with Crippen LogP contribution in [0, 0.1) is 11.3 Å². The molecule has 0 aliphatic carbocycles. The molecule has 2 aromatic heterocycles. The van der Waals surface area contributed by atoms with Crippen molar-refractivity contribution in [1.82, 2.24) is 30.8 Å². The molecule has 12 heteroatoms. The normalized spacial score (nSPS) is 11.9. The van der Waals surface area contributed by atoms with Crippen LogP contribution >= 0.6 is 0 Å². The molecule has 0 spiro atoms. The van der Waals surface area contributed by atoms with Crippen molar-refractivity contribution >= 4 is 21.1 Å². The zero-order chi connectivity index (χ0) is 17.9. The van der Waals surface area contributed by atoms with Crippen LogP contribution in [-0.2, 0) is 9.84 Å². The first kappa shape index (κ1) is 16.3. The minimum absolute atomic E-state index is 0.0898. The monoisotopic (exact) mass is 358 g/mol. The molecule has 3 rings (SSSR count). The molecule has 0 radical (unpaired) electrons. The first-order valence-electron chi connectivity index (χ1n) is 6.72. The van der Waals surface area contributed by atoms with Gasteiger partial charge in [-0.2, -0.15) is 10.5 Å². The van der Waals surface area contributed by atoms with Crippen LogP contribution in [0.25, 0.3) is 17.0 Å². The lowest BCUT2D eigenvalue weighted by Gasteiger charge is -2.02. The zero-order valence-corrected chi connectivity index (χ0v) is 13.5. The van der Waals surface area contributed by atoms with Crippen LogP contribution in [0.3, 0.4) is 0 Å². The van der Waals surface area contributed by atoms with Gasteiger partial charge in [-0.25, -0.2) is 8.42 Å². The van der Waals surface area contributed by atoms with Gasteiger partial charge in [0.15, 0.2) is 0 Å². The molecule has 1 aromatic carbocycles. The highest BCUT2D eigenvalue weighted by Crippen LogP contribution is 2.22. The average Bonchev–Trinajstić information content (AvgIpc) is 3.27. The number of allylic oxidation sites excluding steroid dienone is 1. The number of anilines is 1. The van der Waals surface area contributed by atoms with Crippen LogP contribution in [0.15, 0.2) is 40.1 Å². The van der Waals surface area contributed by atoms with E-state index in [1.807, 2.05) is 6.07 Å². The topological polar surface area (TPSA) is 163 Å². The Morgan fingerprint density at radius 3 is 2.60 bits per heavy atom. The molecule has 0 aliphatic heterocycles. The standard InChI is InChI=1S/C13H10N8O3S/c1-25(22,23)13-19-18-12(24-13)8-2-4-10(5-3-8)15-7-9(6-14)11-16-20-21-17-11/h2-5,7,15H,1H3,(H,16,17,20,21). The molecule has 0 aliphatic rings. The Morgan fingerprint density at radius 2 is 2.04 bits per heavy atom. The van der Waals surface area contributed by atoms with E-state index in [1.54, 1.807) is 24.3 Å². The number of nitriles is 1. The number of aromatic nitrogens is 6. The zero-order valence-electron chi connectivity index (χ0n) is 12.7. The van der Waals surface area contributed by atoms with Gasteiger partial charge in [0.1, 0.15) is 11.6 Å². The van der Waals surface area contributed by atoms with E-state index >= 15 is 0 Å². The van der Waals surface area contributed by atoms with Crippen LogP contribution < -0.4 is 5.32 Å². The fourth-order valence-corrected chi connectivity index (χ4v) is 2.18. The largest absolute Gasteiger partial charge is 0.408 e. The minimum Gasteiger partial charge on any atom is -0.408 e. The summed E-state index contributed by atoms with van der Waals surface area (Å²) in [4.78, 5) is 0. The fraction of sp³-hybridized carbons (Fsp3) is 0.0769. The molecular formula is C13H10N8O3S. The first-order chi connectivity index (χ1) is 12.0. The second kappa shape index (κ2) is 6.49. The summed E-state index contributed by atoms with van der Waals surface area (Å²) in [6, 6.07) is 8.67. The molecule has 2 heterocycles. The Labute approximate surface area is 141 Å². The molecule has 2 N–H and O–H groups in total. The molecule has 126 valence electrons. The summed E-state index contributed by atoms with van der Waals surface area (Å²) in [7, 11) is -3.55. The van der Waals surface area contributed by atoms with Crippen molar-refractivity contribution in [2.75, 3.05) is 11.6 Å². The van der Waals surface area contributed by atoms with Crippen molar-refractivity contribution < 1.29 is 12.8 Å². The maximum absolute atomic E-state index is 11.4. The lowest BCUT2D eigenvalue weighted by molar-refractivity contribution is 0.442. The highest BCUT2D eigenvalue weighted by molar-refractivity contribution is 7.90. The third-order valence-corrected chi connectivity index (χ3v) is 3.74. The first-order valence-corrected chi connectivity index (χ1v) is 8.61. The van der Waals surface area contributed by atoms with Crippen LogP contribution in [0.1, 0.15) is 5.82 Å². The number of tetrazole rings is 1. The summed E-state index contributed by atoms with van der Waals surface area (Å²) in [5, 5.41) is 31.9. The molecule has 0 atom stereocenters. The molecule has 0 amide bonds. The lowest BCUT2D eigenvalue weighted by atomic mass is 10.2. The van der Waals surface area contributed by atoms with Gasteiger partial charge < -0.3 is 9.73 Å². The van der Waals surface area contributed by atoms with Crippen molar-refractivity contribution in [3.05, 3.63) is 36.3 Å². The lowest BCUT2D eigenvalue weighted by Crippen LogP contribution is -1.96. The number of nitrogens with zero attached hydrogens (tertiary/aromatic N) is 6. The van der Waals surface area contributed by atoms with E-state index in [9.17, 15) is 8.42 Å². The van der Waals surface area contributed by atoms with Crippen LogP contribution in [0.5, 0.6) is 0 Å². The van der Waals surface area contributed by atoms with Gasteiger partial charge >= 0.3 is 5.22 Å². The number of hydrogen-bond acceptors (Lipinski definition) is 10. The summed E-state index contributed by atoms with van der Waals surface area (Å²) < 4.78 is 27.8. The summed E-state index contributed by atoms with van der Waals surface area (Å²) in [5.41, 5.74) is 1.42. The van der Waals surface area contributed by atoms with Crippen LogP contribution in [0.2, 0.25) is 0 Å². The van der Waals surface area contributed by atoms with Crippen molar-refractivity contribution in [3.8, 4) is 17.5 Å². The van der Waals surface area contributed by atoms with Crippen molar-refractivity contribution in [1.29, 1.82) is 5.26 Å². The molecule has 0 bridgehead atoms. The second-order valence-corrected chi connectivity index (χ2v) is 6.67.